The molecular formula is C24H27NO5. The maximum Gasteiger partial charge on any atom is 0.375 e. The van der Waals surface area contributed by atoms with Crippen molar-refractivity contribution >= 4 is 28.5 Å². The first-order valence-electron chi connectivity index (χ1n) is 10.1. The Labute approximate surface area is 176 Å². The van der Waals surface area contributed by atoms with Crippen LogP contribution in [0.4, 0.5) is 5.69 Å². The second-order valence-electron chi connectivity index (χ2n) is 7.36. The molecule has 0 fully saturated rings. The number of hydrogen-bond donors (Lipinski definition) is 1. The van der Waals surface area contributed by atoms with Crippen molar-refractivity contribution < 1.29 is 23.5 Å². The maximum atomic E-state index is 12.6. The molecule has 1 amide bonds. The Morgan fingerprint density at radius 2 is 1.87 bits per heavy atom. The molecule has 0 radical (unpaired) electrons. The van der Waals surface area contributed by atoms with Gasteiger partial charge in [-0.1, -0.05) is 50.2 Å². The van der Waals surface area contributed by atoms with E-state index in [0.717, 1.165) is 22.2 Å². The maximum absolute atomic E-state index is 12.6. The Balaban J connectivity index is 1.73. The van der Waals surface area contributed by atoms with Crippen LogP contribution in [0.25, 0.3) is 11.0 Å². The molecular weight excluding hydrogens is 382 g/mol. The van der Waals surface area contributed by atoms with E-state index in [-0.39, 0.29) is 18.3 Å². The Hall–Kier alpha value is -3.12. The van der Waals surface area contributed by atoms with Gasteiger partial charge < -0.3 is 19.2 Å². The summed E-state index contributed by atoms with van der Waals surface area (Å²) in [6, 6.07) is 13.2. The highest BCUT2D eigenvalue weighted by molar-refractivity contribution is 5.98. The van der Waals surface area contributed by atoms with Crippen LogP contribution < -0.4 is 5.32 Å². The average Bonchev–Trinajstić information content (AvgIpc) is 3.10. The first-order chi connectivity index (χ1) is 14.4. The van der Waals surface area contributed by atoms with E-state index in [0.29, 0.717) is 17.8 Å². The summed E-state index contributed by atoms with van der Waals surface area (Å²) in [4.78, 5) is 25.1. The van der Waals surface area contributed by atoms with E-state index >= 15 is 0 Å². The Morgan fingerprint density at radius 1 is 1.10 bits per heavy atom. The van der Waals surface area contributed by atoms with Gasteiger partial charge in [-0.05, 0) is 37.0 Å². The van der Waals surface area contributed by atoms with Crippen molar-refractivity contribution in [1.29, 1.82) is 0 Å². The number of amides is 1. The molecule has 1 heterocycles. The predicted molar refractivity (Wildman–Crippen MR) is 116 cm³/mol. The third kappa shape index (κ3) is 4.71. The number of esters is 1. The topological polar surface area (TPSA) is 77.8 Å². The molecule has 6 heteroatoms. The van der Waals surface area contributed by atoms with Crippen molar-refractivity contribution in [2.75, 3.05) is 18.5 Å². The van der Waals surface area contributed by atoms with Gasteiger partial charge in [0.15, 0.2) is 6.61 Å². The van der Waals surface area contributed by atoms with Gasteiger partial charge in [0.2, 0.25) is 5.76 Å². The molecule has 0 saturated heterocycles. The molecule has 0 unspecified atom stereocenters. The van der Waals surface area contributed by atoms with E-state index in [1.165, 1.54) is 0 Å². The second kappa shape index (κ2) is 9.59. The van der Waals surface area contributed by atoms with Crippen molar-refractivity contribution in [3.63, 3.8) is 0 Å². The number of ether oxygens (including phenoxy) is 2. The summed E-state index contributed by atoms with van der Waals surface area (Å²) in [5, 5.41) is 3.67. The van der Waals surface area contributed by atoms with E-state index < -0.39 is 18.5 Å². The van der Waals surface area contributed by atoms with Gasteiger partial charge in [-0.15, -0.1) is 0 Å². The first kappa shape index (κ1) is 21.6. The fourth-order valence-corrected chi connectivity index (χ4v) is 3.33. The number of fused-ring (bicyclic) bond motifs is 1. The summed E-state index contributed by atoms with van der Waals surface area (Å²) >= 11 is 0. The Morgan fingerprint density at radius 3 is 2.60 bits per heavy atom. The second-order valence-corrected chi connectivity index (χ2v) is 7.36. The van der Waals surface area contributed by atoms with Crippen molar-refractivity contribution in [3.8, 4) is 0 Å². The molecule has 0 spiro atoms. The monoisotopic (exact) mass is 409 g/mol. The standard InChI is InChI=1S/C24H27NO5/c1-5-28-13-19-18-10-6-7-12-20(18)30-23(19)24(27)29-14-21(26)25-22-16(4)9-8-11-17(22)15(2)3/h6-12,15H,5,13-14H2,1-4H3,(H,25,26). The zero-order valence-electron chi connectivity index (χ0n) is 17.8. The van der Waals surface area contributed by atoms with E-state index in [2.05, 4.69) is 19.2 Å². The minimum absolute atomic E-state index is 0.0659. The van der Waals surface area contributed by atoms with Gasteiger partial charge in [-0.3, -0.25) is 4.79 Å². The first-order valence-corrected chi connectivity index (χ1v) is 10.1. The molecule has 0 bridgehead atoms. The molecule has 2 aromatic carbocycles. The number of rotatable bonds is 8. The van der Waals surface area contributed by atoms with Gasteiger partial charge in [0.05, 0.1) is 6.61 Å². The van der Waals surface area contributed by atoms with E-state index in [4.69, 9.17) is 13.9 Å². The van der Waals surface area contributed by atoms with Gasteiger partial charge in [-0.25, -0.2) is 4.79 Å². The predicted octanol–water partition coefficient (Wildman–Crippen LogP) is 5.20. The van der Waals surface area contributed by atoms with Crippen molar-refractivity contribution in [1.82, 2.24) is 0 Å². The van der Waals surface area contributed by atoms with Crippen molar-refractivity contribution in [3.05, 3.63) is 64.9 Å². The summed E-state index contributed by atoms with van der Waals surface area (Å²) in [6.07, 6.45) is 0. The van der Waals surface area contributed by atoms with Gasteiger partial charge in [0, 0.05) is 23.2 Å². The van der Waals surface area contributed by atoms with Crippen LogP contribution in [0.1, 0.15) is 53.9 Å². The highest BCUT2D eigenvalue weighted by Crippen LogP contribution is 2.28. The zero-order valence-corrected chi connectivity index (χ0v) is 17.8. The normalized spacial score (nSPS) is 11.1. The summed E-state index contributed by atoms with van der Waals surface area (Å²) < 4.78 is 16.4. The fourth-order valence-electron chi connectivity index (χ4n) is 3.33. The minimum Gasteiger partial charge on any atom is -0.450 e. The highest BCUT2D eigenvalue weighted by atomic mass is 16.5. The molecule has 1 N–H and O–H groups in total. The summed E-state index contributed by atoms with van der Waals surface area (Å²) in [5.74, 6) is -0.775. The zero-order chi connectivity index (χ0) is 21.7. The lowest BCUT2D eigenvalue weighted by Gasteiger charge is -2.16. The fraction of sp³-hybridized carbons (Fsp3) is 0.333. The third-order valence-electron chi connectivity index (χ3n) is 4.86. The number of hydrogen-bond acceptors (Lipinski definition) is 5. The molecule has 0 atom stereocenters. The molecule has 3 rings (SSSR count). The summed E-state index contributed by atoms with van der Waals surface area (Å²) in [5.41, 5.74) is 3.95. The van der Waals surface area contributed by atoms with Gasteiger partial charge in [0.25, 0.3) is 5.91 Å². The highest BCUT2D eigenvalue weighted by Gasteiger charge is 2.23. The number of para-hydroxylation sites is 2. The average molecular weight is 409 g/mol. The van der Waals surface area contributed by atoms with Crippen LogP contribution in [0.5, 0.6) is 0 Å². The smallest absolute Gasteiger partial charge is 0.375 e. The lowest BCUT2D eigenvalue weighted by molar-refractivity contribution is -0.119. The van der Waals surface area contributed by atoms with Gasteiger partial charge >= 0.3 is 5.97 Å². The van der Waals surface area contributed by atoms with Crippen molar-refractivity contribution in [2.24, 2.45) is 0 Å². The van der Waals surface area contributed by atoms with Crippen LogP contribution in [0.2, 0.25) is 0 Å². The van der Waals surface area contributed by atoms with Gasteiger partial charge in [0.1, 0.15) is 5.58 Å². The molecule has 1 aromatic heterocycles. The molecule has 0 saturated carbocycles. The SMILES string of the molecule is CCOCc1c(C(=O)OCC(=O)Nc2c(C)cccc2C(C)C)oc2ccccc12. The van der Waals surface area contributed by atoms with Crippen molar-refractivity contribution in [2.45, 2.75) is 40.2 Å². The number of aryl methyl sites for hydroxylation is 1. The van der Waals surface area contributed by atoms with Gasteiger partial charge in [-0.2, -0.15) is 0 Å². The van der Waals surface area contributed by atoms with Crippen LogP contribution in [-0.2, 0) is 20.9 Å². The molecule has 6 nitrogen and oxygen atoms in total. The van der Waals surface area contributed by atoms with Crippen LogP contribution in [-0.4, -0.2) is 25.1 Å². The minimum atomic E-state index is -0.690. The number of nitrogens with one attached hydrogen (secondary N) is 1. The number of carbonyl (C=O) groups is 2. The number of benzene rings is 2. The lowest BCUT2D eigenvalue weighted by atomic mass is 9.98. The summed E-state index contributed by atoms with van der Waals surface area (Å²) in [6.45, 7) is 8.26. The quantitative estimate of drug-likeness (QED) is 0.518. The van der Waals surface area contributed by atoms with Crippen LogP contribution >= 0.6 is 0 Å². The Kier molecular flexibility index (Phi) is 6.90. The van der Waals surface area contributed by atoms with Crippen LogP contribution in [0.3, 0.4) is 0 Å². The van der Waals surface area contributed by atoms with Crippen LogP contribution in [0, 0.1) is 6.92 Å². The number of carbonyl (C=O) groups excluding carboxylic acids is 2. The number of furan rings is 1. The molecule has 3 aromatic rings. The molecule has 0 aliphatic heterocycles. The molecule has 0 aliphatic rings. The number of anilines is 1. The summed E-state index contributed by atoms with van der Waals surface area (Å²) in [7, 11) is 0. The molecule has 158 valence electrons. The Bertz CT molecular complexity index is 1050. The largest absolute Gasteiger partial charge is 0.450 e. The molecule has 0 aliphatic carbocycles. The molecule has 30 heavy (non-hydrogen) atoms. The van der Waals surface area contributed by atoms with Crippen LogP contribution in [0.15, 0.2) is 46.9 Å². The third-order valence-corrected chi connectivity index (χ3v) is 4.86. The van der Waals surface area contributed by atoms with E-state index in [1.54, 1.807) is 6.07 Å². The lowest BCUT2D eigenvalue weighted by Crippen LogP contribution is -2.22. The van der Waals surface area contributed by atoms with E-state index in [9.17, 15) is 9.59 Å². The van der Waals surface area contributed by atoms with E-state index in [1.807, 2.05) is 50.2 Å².